The summed E-state index contributed by atoms with van der Waals surface area (Å²) in [5.74, 6) is -0.913. The first-order valence-electron chi connectivity index (χ1n) is 10.7. The highest BCUT2D eigenvalue weighted by Crippen LogP contribution is 2.34. The molecule has 1 aromatic heterocycles. The van der Waals surface area contributed by atoms with Gasteiger partial charge in [-0.15, -0.1) is 11.3 Å². The first-order valence-corrected chi connectivity index (χ1v) is 11.9. The highest BCUT2D eigenvalue weighted by molar-refractivity contribution is 7.80. The molecule has 5 nitrogen and oxygen atoms in total. The first-order chi connectivity index (χ1) is 16.4. The number of thiocarbonyl (C=S) groups is 1. The number of primary amides is 1. The minimum absolute atomic E-state index is 0.0996. The Kier molecular flexibility index (Phi) is 7.15. The fourth-order valence-electron chi connectivity index (χ4n) is 3.74. The van der Waals surface area contributed by atoms with Crippen molar-refractivity contribution in [1.82, 2.24) is 5.32 Å². The third-order valence-corrected chi connectivity index (χ3v) is 6.81. The molecule has 0 saturated carbocycles. The van der Waals surface area contributed by atoms with E-state index in [0.717, 1.165) is 32.3 Å². The van der Waals surface area contributed by atoms with Crippen LogP contribution in [0.25, 0.3) is 16.8 Å². The van der Waals surface area contributed by atoms with Gasteiger partial charge in [0.2, 0.25) is 5.91 Å². The number of amides is 2. The third-order valence-electron chi connectivity index (χ3n) is 5.40. The molecule has 3 aromatic carbocycles. The van der Waals surface area contributed by atoms with Crippen molar-refractivity contribution in [3.05, 3.63) is 106 Å². The molecule has 34 heavy (non-hydrogen) atoms. The topological polar surface area (TPSA) is 84.2 Å². The summed E-state index contributed by atoms with van der Waals surface area (Å²) in [5, 5.41) is 8.40. The second kappa shape index (κ2) is 10.4. The van der Waals surface area contributed by atoms with Gasteiger partial charge in [-0.05, 0) is 52.7 Å². The number of anilines is 1. The average molecular weight is 486 g/mol. The first kappa shape index (κ1) is 23.4. The molecule has 7 heteroatoms. The van der Waals surface area contributed by atoms with Crippen molar-refractivity contribution >= 4 is 62.3 Å². The Balaban J connectivity index is 1.47. The van der Waals surface area contributed by atoms with Crippen molar-refractivity contribution in [2.24, 2.45) is 5.73 Å². The Morgan fingerprint density at radius 2 is 1.71 bits per heavy atom. The Morgan fingerprint density at radius 3 is 2.47 bits per heavy atom. The molecule has 2 amide bonds. The summed E-state index contributed by atoms with van der Waals surface area (Å²) in [6.07, 6.45) is 3.86. The zero-order valence-corrected chi connectivity index (χ0v) is 20.1. The molecule has 0 fully saturated rings. The summed E-state index contributed by atoms with van der Waals surface area (Å²) in [6, 6.07) is 23.9. The van der Waals surface area contributed by atoms with Gasteiger partial charge in [-0.3, -0.25) is 14.9 Å². The van der Waals surface area contributed by atoms with Crippen LogP contribution in [0.15, 0.2) is 78.9 Å². The highest BCUT2D eigenvalue weighted by Gasteiger charge is 2.20. The predicted octanol–water partition coefficient (Wildman–Crippen LogP) is 5.43. The molecule has 4 rings (SSSR count). The van der Waals surface area contributed by atoms with E-state index in [-0.39, 0.29) is 11.0 Å². The zero-order chi connectivity index (χ0) is 24.1. The summed E-state index contributed by atoms with van der Waals surface area (Å²) in [6.45, 7) is 1.87. The lowest BCUT2D eigenvalue weighted by Gasteiger charge is -2.08. The molecule has 0 aliphatic rings. The second-order valence-corrected chi connectivity index (χ2v) is 9.24. The molecular weight excluding hydrogens is 462 g/mol. The summed E-state index contributed by atoms with van der Waals surface area (Å²) in [7, 11) is 0. The van der Waals surface area contributed by atoms with E-state index in [1.54, 1.807) is 6.08 Å². The van der Waals surface area contributed by atoms with Crippen LogP contribution in [0.5, 0.6) is 0 Å². The van der Waals surface area contributed by atoms with Gasteiger partial charge in [-0.2, -0.15) is 0 Å². The second-order valence-electron chi connectivity index (χ2n) is 7.73. The number of hydrogen-bond donors (Lipinski definition) is 3. The SMILES string of the molecule is Cc1c(Cc2ccccc2)sc(NC(=S)NC(=O)/C=C/c2cccc3ccccc23)c1C(N)=O. The maximum absolute atomic E-state index is 12.5. The monoisotopic (exact) mass is 485 g/mol. The van der Waals surface area contributed by atoms with Crippen LogP contribution >= 0.6 is 23.6 Å². The van der Waals surface area contributed by atoms with Crippen molar-refractivity contribution in [2.45, 2.75) is 13.3 Å². The van der Waals surface area contributed by atoms with Gasteiger partial charge in [0.1, 0.15) is 5.00 Å². The average Bonchev–Trinajstić information content (AvgIpc) is 3.12. The van der Waals surface area contributed by atoms with Crippen LogP contribution < -0.4 is 16.4 Å². The van der Waals surface area contributed by atoms with E-state index in [1.807, 2.05) is 79.7 Å². The van der Waals surface area contributed by atoms with Gasteiger partial charge in [-0.1, -0.05) is 72.8 Å². The van der Waals surface area contributed by atoms with Crippen LogP contribution in [0.4, 0.5) is 5.00 Å². The molecule has 0 saturated heterocycles. The van der Waals surface area contributed by atoms with Gasteiger partial charge >= 0.3 is 0 Å². The lowest BCUT2D eigenvalue weighted by atomic mass is 10.0. The number of nitrogens with one attached hydrogen (secondary N) is 2. The van der Waals surface area contributed by atoms with Gasteiger partial charge in [0.15, 0.2) is 5.11 Å². The van der Waals surface area contributed by atoms with E-state index >= 15 is 0 Å². The quantitative estimate of drug-likeness (QED) is 0.251. The lowest BCUT2D eigenvalue weighted by Crippen LogP contribution is -2.33. The van der Waals surface area contributed by atoms with Crippen LogP contribution in [0.1, 0.15) is 31.9 Å². The number of fused-ring (bicyclic) bond motifs is 1. The Morgan fingerprint density at radius 1 is 1.00 bits per heavy atom. The molecule has 0 unspecified atom stereocenters. The van der Waals surface area contributed by atoms with Crippen molar-refractivity contribution in [2.75, 3.05) is 5.32 Å². The Hall–Kier alpha value is -3.81. The number of carbonyl (C=O) groups is 2. The van der Waals surface area contributed by atoms with Crippen molar-refractivity contribution in [1.29, 1.82) is 0 Å². The third kappa shape index (κ3) is 5.39. The van der Waals surface area contributed by atoms with Crippen LogP contribution in [-0.4, -0.2) is 16.9 Å². The van der Waals surface area contributed by atoms with Crippen LogP contribution in [0.2, 0.25) is 0 Å². The van der Waals surface area contributed by atoms with Gasteiger partial charge in [0.25, 0.3) is 5.91 Å². The normalized spacial score (nSPS) is 11.0. The number of hydrogen-bond acceptors (Lipinski definition) is 4. The van der Waals surface area contributed by atoms with E-state index in [9.17, 15) is 9.59 Å². The predicted molar refractivity (Wildman–Crippen MR) is 144 cm³/mol. The van der Waals surface area contributed by atoms with E-state index < -0.39 is 5.91 Å². The number of nitrogens with two attached hydrogens (primary N) is 1. The minimum atomic E-state index is -0.541. The molecule has 0 bridgehead atoms. The van der Waals surface area contributed by atoms with E-state index in [2.05, 4.69) is 10.6 Å². The largest absolute Gasteiger partial charge is 0.365 e. The molecule has 170 valence electrons. The number of benzene rings is 3. The van der Waals surface area contributed by atoms with Crippen LogP contribution in [0, 0.1) is 6.92 Å². The fraction of sp³-hybridized carbons (Fsp3) is 0.0741. The van der Waals surface area contributed by atoms with Gasteiger partial charge in [-0.25, -0.2) is 0 Å². The number of thiophene rings is 1. The summed E-state index contributed by atoms with van der Waals surface area (Å²) >= 11 is 6.73. The van der Waals surface area contributed by atoms with Crippen molar-refractivity contribution < 1.29 is 9.59 Å². The van der Waals surface area contributed by atoms with Crippen LogP contribution in [-0.2, 0) is 11.2 Å². The maximum Gasteiger partial charge on any atom is 0.251 e. The molecule has 1 heterocycles. The molecule has 0 aliphatic carbocycles. The van der Waals surface area contributed by atoms with E-state index in [4.69, 9.17) is 18.0 Å². The molecule has 0 radical (unpaired) electrons. The smallest absolute Gasteiger partial charge is 0.251 e. The van der Waals surface area contributed by atoms with Crippen molar-refractivity contribution in [3.63, 3.8) is 0 Å². The van der Waals surface area contributed by atoms with Crippen molar-refractivity contribution in [3.8, 4) is 0 Å². The highest BCUT2D eigenvalue weighted by atomic mass is 32.1. The standard InChI is InChI=1S/C27H23N3O2S2/c1-17-22(16-18-8-3-2-4-9-18)34-26(24(17)25(28)32)30-27(33)29-23(31)15-14-20-12-7-11-19-10-5-6-13-21(19)20/h2-15H,16H2,1H3,(H2,28,32)(H2,29,30,31,33)/b15-14+. The van der Waals surface area contributed by atoms with E-state index in [0.29, 0.717) is 17.0 Å². The van der Waals surface area contributed by atoms with Crippen LogP contribution in [0.3, 0.4) is 0 Å². The molecule has 4 N–H and O–H groups in total. The fourth-order valence-corrected chi connectivity index (χ4v) is 5.26. The minimum Gasteiger partial charge on any atom is -0.365 e. The molecule has 0 aliphatic heterocycles. The van der Waals surface area contributed by atoms with Gasteiger partial charge < -0.3 is 11.1 Å². The Bertz CT molecular complexity index is 1400. The molecular formula is C27H23N3O2S2. The summed E-state index contributed by atoms with van der Waals surface area (Å²) in [5.41, 5.74) is 8.91. The van der Waals surface area contributed by atoms with Gasteiger partial charge in [0, 0.05) is 17.4 Å². The maximum atomic E-state index is 12.5. The van der Waals surface area contributed by atoms with Gasteiger partial charge in [0.05, 0.1) is 5.56 Å². The number of rotatable bonds is 6. The summed E-state index contributed by atoms with van der Waals surface area (Å²) < 4.78 is 0. The summed E-state index contributed by atoms with van der Waals surface area (Å²) in [4.78, 5) is 25.6. The zero-order valence-electron chi connectivity index (χ0n) is 18.5. The van der Waals surface area contributed by atoms with E-state index in [1.165, 1.54) is 17.4 Å². The Labute approximate surface area is 207 Å². The molecule has 0 atom stereocenters. The molecule has 4 aromatic rings. The number of carbonyl (C=O) groups excluding carboxylic acids is 2. The molecule has 0 spiro atoms. The lowest BCUT2D eigenvalue weighted by molar-refractivity contribution is -0.115.